The Morgan fingerprint density at radius 2 is 2.41 bits per heavy atom. The number of hydrogen-bond donors (Lipinski definition) is 2. The summed E-state index contributed by atoms with van der Waals surface area (Å²) in [7, 11) is 1.83. The van der Waals surface area contributed by atoms with Crippen molar-refractivity contribution >= 4 is 17.3 Å². The standard InChI is InChI=1S/C20H34N4O2S/c1-16(24-9-6-19-17(14-24)7-12-27-19)13-23-20(21-2)22-8-4-10-25-15-18-5-3-11-26-18/h7,12,16,18H,3-6,8-11,13-15H2,1-2H3,(H2,21,22,23). The van der Waals surface area contributed by atoms with Gasteiger partial charge < -0.3 is 20.1 Å². The van der Waals surface area contributed by atoms with Crippen LogP contribution in [-0.2, 0) is 22.4 Å². The Morgan fingerprint density at radius 3 is 3.22 bits per heavy atom. The maximum absolute atomic E-state index is 5.70. The number of nitrogens with one attached hydrogen (secondary N) is 2. The Kier molecular flexibility index (Phi) is 8.38. The van der Waals surface area contributed by atoms with Crippen molar-refractivity contribution in [3.05, 3.63) is 21.9 Å². The van der Waals surface area contributed by atoms with E-state index in [1.165, 1.54) is 18.4 Å². The third-order valence-electron chi connectivity index (χ3n) is 5.33. The van der Waals surface area contributed by atoms with Crippen molar-refractivity contribution in [3.63, 3.8) is 0 Å². The number of thiophene rings is 1. The van der Waals surface area contributed by atoms with Crippen LogP contribution in [0.4, 0.5) is 0 Å². The lowest BCUT2D eigenvalue weighted by Gasteiger charge is -2.32. The van der Waals surface area contributed by atoms with Crippen LogP contribution >= 0.6 is 11.3 Å². The smallest absolute Gasteiger partial charge is 0.191 e. The Hall–Kier alpha value is -1.15. The lowest BCUT2D eigenvalue weighted by Crippen LogP contribution is -2.47. The molecule has 0 aliphatic carbocycles. The average Bonchev–Trinajstić information content (AvgIpc) is 3.37. The highest BCUT2D eigenvalue weighted by Crippen LogP contribution is 2.24. The summed E-state index contributed by atoms with van der Waals surface area (Å²) < 4.78 is 11.3. The predicted molar refractivity (Wildman–Crippen MR) is 112 cm³/mol. The molecular weight excluding hydrogens is 360 g/mol. The van der Waals surface area contributed by atoms with Gasteiger partial charge in [0, 0.05) is 57.4 Å². The van der Waals surface area contributed by atoms with E-state index in [4.69, 9.17) is 9.47 Å². The van der Waals surface area contributed by atoms with Crippen molar-refractivity contribution in [2.75, 3.05) is 46.5 Å². The van der Waals surface area contributed by atoms with Gasteiger partial charge in [0.15, 0.2) is 5.96 Å². The molecule has 1 saturated heterocycles. The first-order valence-electron chi connectivity index (χ1n) is 10.2. The molecule has 27 heavy (non-hydrogen) atoms. The highest BCUT2D eigenvalue weighted by atomic mass is 32.1. The fourth-order valence-corrected chi connectivity index (χ4v) is 4.50. The number of guanidine groups is 1. The zero-order chi connectivity index (χ0) is 18.9. The van der Waals surface area contributed by atoms with E-state index in [0.29, 0.717) is 12.1 Å². The molecule has 0 aromatic carbocycles. The highest BCUT2D eigenvalue weighted by molar-refractivity contribution is 7.10. The van der Waals surface area contributed by atoms with Crippen molar-refractivity contribution < 1.29 is 9.47 Å². The minimum Gasteiger partial charge on any atom is -0.379 e. The van der Waals surface area contributed by atoms with Crippen LogP contribution in [0.5, 0.6) is 0 Å². The summed E-state index contributed by atoms with van der Waals surface area (Å²) in [6, 6.07) is 2.75. The van der Waals surface area contributed by atoms with Crippen molar-refractivity contribution in [2.45, 2.75) is 51.3 Å². The summed E-state index contributed by atoms with van der Waals surface area (Å²) in [6.07, 6.45) is 4.76. The molecule has 152 valence electrons. The van der Waals surface area contributed by atoms with Crippen LogP contribution in [-0.4, -0.2) is 69.5 Å². The second kappa shape index (κ2) is 11.0. The Bertz CT molecular complexity index is 586. The van der Waals surface area contributed by atoms with Gasteiger partial charge in [-0.05, 0) is 49.6 Å². The second-order valence-corrected chi connectivity index (χ2v) is 8.38. The van der Waals surface area contributed by atoms with E-state index in [2.05, 4.69) is 38.9 Å². The highest BCUT2D eigenvalue weighted by Gasteiger charge is 2.21. The molecule has 2 aliphatic heterocycles. The van der Waals surface area contributed by atoms with Gasteiger partial charge in [0.25, 0.3) is 0 Å². The molecule has 0 saturated carbocycles. The summed E-state index contributed by atoms with van der Waals surface area (Å²) in [5.41, 5.74) is 1.50. The molecule has 2 aliphatic rings. The minimum atomic E-state index is 0.314. The van der Waals surface area contributed by atoms with Gasteiger partial charge in [-0.1, -0.05) is 0 Å². The molecule has 0 spiro atoms. The van der Waals surface area contributed by atoms with E-state index in [0.717, 1.165) is 64.8 Å². The van der Waals surface area contributed by atoms with Gasteiger partial charge in [0.1, 0.15) is 0 Å². The van der Waals surface area contributed by atoms with E-state index < -0.39 is 0 Å². The van der Waals surface area contributed by atoms with Crippen LogP contribution in [0.3, 0.4) is 0 Å². The first-order chi connectivity index (χ1) is 13.3. The van der Waals surface area contributed by atoms with E-state index in [1.54, 1.807) is 4.88 Å². The largest absolute Gasteiger partial charge is 0.379 e. The number of rotatable bonds is 9. The quantitative estimate of drug-likeness (QED) is 0.382. The van der Waals surface area contributed by atoms with Crippen LogP contribution < -0.4 is 10.6 Å². The van der Waals surface area contributed by atoms with Gasteiger partial charge in [-0.15, -0.1) is 11.3 Å². The van der Waals surface area contributed by atoms with Crippen molar-refractivity contribution in [2.24, 2.45) is 4.99 Å². The number of fused-ring (bicyclic) bond motifs is 1. The van der Waals surface area contributed by atoms with Crippen molar-refractivity contribution in [1.82, 2.24) is 15.5 Å². The fraction of sp³-hybridized carbons (Fsp3) is 0.750. The van der Waals surface area contributed by atoms with Crippen LogP contribution in [0.25, 0.3) is 0 Å². The molecule has 1 aromatic heterocycles. The molecule has 3 heterocycles. The first-order valence-corrected chi connectivity index (χ1v) is 11.1. The third kappa shape index (κ3) is 6.45. The molecule has 1 aromatic rings. The molecule has 7 heteroatoms. The van der Waals surface area contributed by atoms with E-state index in [-0.39, 0.29) is 0 Å². The monoisotopic (exact) mass is 394 g/mol. The number of ether oxygens (including phenoxy) is 2. The van der Waals surface area contributed by atoms with E-state index in [1.807, 2.05) is 18.4 Å². The fourth-order valence-electron chi connectivity index (χ4n) is 3.61. The van der Waals surface area contributed by atoms with Gasteiger partial charge >= 0.3 is 0 Å². The Balaban J connectivity index is 1.26. The molecular formula is C20H34N4O2S. The Labute approximate surface area is 167 Å². The van der Waals surface area contributed by atoms with Gasteiger partial charge in [0.05, 0.1) is 12.7 Å². The van der Waals surface area contributed by atoms with Crippen molar-refractivity contribution in [1.29, 1.82) is 0 Å². The summed E-state index contributed by atoms with van der Waals surface area (Å²) in [6.45, 7) is 8.64. The molecule has 2 unspecified atom stereocenters. The first kappa shape index (κ1) is 20.6. The summed E-state index contributed by atoms with van der Waals surface area (Å²) in [4.78, 5) is 8.44. The number of hydrogen-bond acceptors (Lipinski definition) is 5. The SMILES string of the molecule is CN=C(NCCCOCC1CCCO1)NCC(C)N1CCc2sccc2C1. The Morgan fingerprint density at radius 1 is 1.48 bits per heavy atom. The summed E-state index contributed by atoms with van der Waals surface area (Å²) in [5, 5.41) is 9.05. The average molecular weight is 395 g/mol. The number of aliphatic imine (C=N–C) groups is 1. The molecule has 3 rings (SSSR count). The third-order valence-corrected chi connectivity index (χ3v) is 6.36. The molecule has 0 bridgehead atoms. The molecule has 0 amide bonds. The minimum absolute atomic E-state index is 0.314. The maximum atomic E-state index is 5.70. The van der Waals surface area contributed by atoms with E-state index in [9.17, 15) is 0 Å². The van der Waals surface area contributed by atoms with Crippen molar-refractivity contribution in [3.8, 4) is 0 Å². The van der Waals surface area contributed by atoms with Crippen LogP contribution in [0, 0.1) is 0 Å². The maximum Gasteiger partial charge on any atom is 0.191 e. The van der Waals surface area contributed by atoms with Gasteiger partial charge in [-0.2, -0.15) is 0 Å². The topological polar surface area (TPSA) is 58.1 Å². The molecule has 6 nitrogen and oxygen atoms in total. The lowest BCUT2D eigenvalue weighted by atomic mass is 10.1. The summed E-state index contributed by atoms with van der Waals surface area (Å²) >= 11 is 1.89. The summed E-state index contributed by atoms with van der Waals surface area (Å²) in [5.74, 6) is 0.870. The lowest BCUT2D eigenvalue weighted by molar-refractivity contribution is 0.0168. The normalized spacial score (nSPS) is 21.9. The van der Waals surface area contributed by atoms with Crippen LogP contribution in [0.1, 0.15) is 36.6 Å². The van der Waals surface area contributed by atoms with Gasteiger partial charge in [0.2, 0.25) is 0 Å². The van der Waals surface area contributed by atoms with E-state index >= 15 is 0 Å². The molecule has 2 atom stereocenters. The zero-order valence-corrected chi connectivity index (χ0v) is 17.5. The van der Waals surface area contributed by atoms with Crippen LogP contribution in [0.2, 0.25) is 0 Å². The zero-order valence-electron chi connectivity index (χ0n) is 16.7. The van der Waals surface area contributed by atoms with Crippen LogP contribution in [0.15, 0.2) is 16.4 Å². The molecule has 1 fully saturated rings. The second-order valence-electron chi connectivity index (χ2n) is 7.38. The molecule has 0 radical (unpaired) electrons. The van der Waals surface area contributed by atoms with Gasteiger partial charge in [-0.25, -0.2) is 0 Å². The molecule has 2 N–H and O–H groups in total. The van der Waals surface area contributed by atoms with Gasteiger partial charge in [-0.3, -0.25) is 9.89 Å². The predicted octanol–water partition coefficient (Wildman–Crippen LogP) is 2.25. The number of nitrogens with zero attached hydrogens (tertiary/aromatic N) is 2.